The van der Waals surface area contributed by atoms with Crippen molar-refractivity contribution in [3.8, 4) is 10.6 Å². The van der Waals surface area contributed by atoms with Gasteiger partial charge < -0.3 is 21.5 Å². The summed E-state index contributed by atoms with van der Waals surface area (Å²) in [4.78, 5) is 32.2. The molecule has 5 N–H and O–H groups in total. The van der Waals surface area contributed by atoms with Crippen LogP contribution in [0.2, 0.25) is 0 Å². The van der Waals surface area contributed by atoms with E-state index in [4.69, 9.17) is 10.8 Å². The van der Waals surface area contributed by atoms with Gasteiger partial charge in [-0.2, -0.15) is 4.98 Å². The molecular weight excluding hydrogens is 366 g/mol. The van der Waals surface area contributed by atoms with Crippen LogP contribution in [-0.4, -0.2) is 33.5 Å². The molecule has 1 aromatic carbocycles. The number of aromatic nitrogens is 2. The number of thiophene rings is 1. The predicted molar refractivity (Wildman–Crippen MR) is 104 cm³/mol. The van der Waals surface area contributed by atoms with E-state index in [9.17, 15) is 9.59 Å². The minimum atomic E-state index is -0.961. The van der Waals surface area contributed by atoms with E-state index in [1.54, 1.807) is 18.2 Å². The zero-order valence-electron chi connectivity index (χ0n) is 14.2. The molecule has 138 valence electrons. The van der Waals surface area contributed by atoms with E-state index in [1.807, 2.05) is 30.3 Å². The van der Waals surface area contributed by atoms with Crippen LogP contribution in [0.5, 0.6) is 0 Å². The van der Waals surface area contributed by atoms with Crippen LogP contribution in [0.3, 0.4) is 0 Å². The topological polar surface area (TPSA) is 130 Å². The molecule has 0 aliphatic rings. The van der Waals surface area contributed by atoms with Crippen molar-refractivity contribution in [2.45, 2.75) is 6.42 Å². The standard InChI is InChI=1S/C18H17N5O3S/c19-18-22-12(10-15(23-18)21-11-4-2-1-3-5-11)13-6-7-14(27-13)17(26)20-9-8-16(24)25/h1-7,10H,8-9H2,(H,20,26)(H,24,25)(H3,19,21,22,23). The van der Waals surface area contributed by atoms with Crippen molar-refractivity contribution in [3.63, 3.8) is 0 Å². The highest BCUT2D eigenvalue weighted by atomic mass is 32.1. The number of carboxylic acids is 1. The maximum Gasteiger partial charge on any atom is 0.305 e. The average Bonchev–Trinajstić information content (AvgIpc) is 3.12. The first-order valence-electron chi connectivity index (χ1n) is 8.08. The molecule has 3 aromatic rings. The van der Waals surface area contributed by atoms with Gasteiger partial charge in [0.15, 0.2) is 0 Å². The van der Waals surface area contributed by atoms with Crippen molar-refractivity contribution in [2.75, 3.05) is 17.6 Å². The highest BCUT2D eigenvalue weighted by molar-refractivity contribution is 7.17. The van der Waals surface area contributed by atoms with Crippen molar-refractivity contribution in [3.05, 3.63) is 53.4 Å². The van der Waals surface area contributed by atoms with Gasteiger partial charge in [-0.25, -0.2) is 4.98 Å². The average molecular weight is 383 g/mol. The third-order valence-corrected chi connectivity index (χ3v) is 4.60. The molecule has 3 rings (SSSR count). The van der Waals surface area contributed by atoms with E-state index < -0.39 is 5.97 Å². The third-order valence-electron chi connectivity index (χ3n) is 3.50. The number of hydrogen-bond acceptors (Lipinski definition) is 7. The summed E-state index contributed by atoms with van der Waals surface area (Å²) in [5, 5.41) is 14.4. The fourth-order valence-corrected chi connectivity index (χ4v) is 3.18. The number of nitrogens with two attached hydrogens (primary N) is 1. The molecule has 1 amide bonds. The summed E-state index contributed by atoms with van der Waals surface area (Å²) in [7, 11) is 0. The first-order valence-corrected chi connectivity index (χ1v) is 8.90. The van der Waals surface area contributed by atoms with E-state index in [0.717, 1.165) is 10.6 Å². The lowest BCUT2D eigenvalue weighted by molar-refractivity contribution is -0.136. The molecule has 0 saturated carbocycles. The molecule has 0 fully saturated rings. The number of para-hydroxylation sites is 1. The SMILES string of the molecule is Nc1nc(Nc2ccccc2)cc(-c2ccc(C(=O)NCCC(=O)O)s2)n1. The van der Waals surface area contributed by atoms with E-state index in [-0.39, 0.29) is 24.8 Å². The number of rotatable bonds is 7. The lowest BCUT2D eigenvalue weighted by atomic mass is 10.3. The summed E-state index contributed by atoms with van der Waals surface area (Å²) in [6.45, 7) is 0.0764. The van der Waals surface area contributed by atoms with Crippen LogP contribution in [0.15, 0.2) is 48.5 Å². The third kappa shape index (κ3) is 5.02. The van der Waals surface area contributed by atoms with Crippen molar-refractivity contribution in [1.82, 2.24) is 15.3 Å². The number of nitrogens with one attached hydrogen (secondary N) is 2. The molecule has 8 nitrogen and oxygen atoms in total. The van der Waals surface area contributed by atoms with Gasteiger partial charge in [0.2, 0.25) is 5.95 Å². The van der Waals surface area contributed by atoms with Crippen molar-refractivity contribution in [1.29, 1.82) is 0 Å². The molecule has 27 heavy (non-hydrogen) atoms. The first kappa shape index (κ1) is 18.3. The van der Waals surface area contributed by atoms with Crippen LogP contribution in [0.1, 0.15) is 16.1 Å². The van der Waals surface area contributed by atoms with E-state index in [2.05, 4.69) is 20.6 Å². The molecule has 0 aliphatic heterocycles. The van der Waals surface area contributed by atoms with E-state index in [1.165, 1.54) is 11.3 Å². The largest absolute Gasteiger partial charge is 0.481 e. The predicted octanol–water partition coefficient (Wildman–Crippen LogP) is 2.74. The Bertz CT molecular complexity index is 959. The smallest absolute Gasteiger partial charge is 0.305 e. The zero-order valence-corrected chi connectivity index (χ0v) is 15.0. The molecular formula is C18H17N5O3S. The van der Waals surface area contributed by atoms with Gasteiger partial charge in [-0.15, -0.1) is 11.3 Å². The number of carboxylic acid groups (broad SMARTS) is 1. The van der Waals surface area contributed by atoms with Gasteiger partial charge in [-0.1, -0.05) is 18.2 Å². The number of aliphatic carboxylic acids is 1. The van der Waals surface area contributed by atoms with Crippen LogP contribution in [-0.2, 0) is 4.79 Å². The summed E-state index contributed by atoms with van der Waals surface area (Å²) in [6, 6.07) is 14.7. The number of hydrogen-bond donors (Lipinski definition) is 4. The Morgan fingerprint density at radius 3 is 2.63 bits per heavy atom. The number of benzene rings is 1. The van der Waals surface area contributed by atoms with Gasteiger partial charge in [-0.05, 0) is 24.3 Å². The van der Waals surface area contributed by atoms with E-state index in [0.29, 0.717) is 16.4 Å². The van der Waals surface area contributed by atoms with Crippen LogP contribution in [0, 0.1) is 0 Å². The summed E-state index contributed by atoms with van der Waals surface area (Å²) in [6.07, 6.45) is -0.124. The molecule has 2 heterocycles. The molecule has 2 aromatic heterocycles. The Kier molecular flexibility index (Phi) is 5.62. The number of carbonyl (C=O) groups is 2. The van der Waals surface area contributed by atoms with Gasteiger partial charge in [0.25, 0.3) is 5.91 Å². The Hall–Kier alpha value is -3.46. The zero-order chi connectivity index (χ0) is 19.2. The van der Waals surface area contributed by atoms with Gasteiger partial charge in [0.05, 0.1) is 21.9 Å². The second-order valence-corrected chi connectivity index (χ2v) is 6.63. The van der Waals surface area contributed by atoms with Crippen LogP contribution in [0.4, 0.5) is 17.5 Å². The minimum absolute atomic E-state index is 0.0764. The number of amides is 1. The molecule has 0 aliphatic carbocycles. The van der Waals surface area contributed by atoms with Gasteiger partial charge in [0, 0.05) is 18.3 Å². The number of nitrogen functional groups attached to an aromatic ring is 1. The molecule has 0 radical (unpaired) electrons. The maximum atomic E-state index is 12.1. The highest BCUT2D eigenvalue weighted by Gasteiger charge is 2.13. The molecule has 0 saturated heterocycles. The van der Waals surface area contributed by atoms with Gasteiger partial charge >= 0.3 is 5.97 Å². The number of carbonyl (C=O) groups excluding carboxylic acids is 1. The normalized spacial score (nSPS) is 10.4. The van der Waals surface area contributed by atoms with Gasteiger partial charge in [-0.3, -0.25) is 9.59 Å². The van der Waals surface area contributed by atoms with Crippen molar-refractivity contribution < 1.29 is 14.7 Å². The van der Waals surface area contributed by atoms with Gasteiger partial charge in [0.1, 0.15) is 5.82 Å². The van der Waals surface area contributed by atoms with Crippen LogP contribution < -0.4 is 16.4 Å². The lowest BCUT2D eigenvalue weighted by Gasteiger charge is -2.07. The van der Waals surface area contributed by atoms with Crippen molar-refractivity contribution >= 4 is 40.7 Å². The fourth-order valence-electron chi connectivity index (χ4n) is 2.29. The quantitative estimate of drug-likeness (QED) is 0.493. The molecule has 0 bridgehead atoms. The Labute approximate surface area is 159 Å². The summed E-state index contributed by atoms with van der Waals surface area (Å²) < 4.78 is 0. The summed E-state index contributed by atoms with van der Waals surface area (Å²) >= 11 is 1.24. The molecule has 0 unspecified atom stereocenters. The summed E-state index contributed by atoms with van der Waals surface area (Å²) in [5.41, 5.74) is 7.28. The lowest BCUT2D eigenvalue weighted by Crippen LogP contribution is -2.25. The number of nitrogens with zero attached hydrogens (tertiary/aromatic N) is 2. The summed E-state index contributed by atoms with van der Waals surface area (Å²) in [5.74, 6) is -0.620. The fraction of sp³-hybridized carbons (Fsp3) is 0.111. The van der Waals surface area contributed by atoms with Crippen LogP contribution >= 0.6 is 11.3 Å². The first-order chi connectivity index (χ1) is 13.0. The second kappa shape index (κ2) is 8.28. The monoisotopic (exact) mass is 383 g/mol. The number of anilines is 3. The second-order valence-electron chi connectivity index (χ2n) is 5.55. The maximum absolute atomic E-state index is 12.1. The Morgan fingerprint density at radius 1 is 1.11 bits per heavy atom. The van der Waals surface area contributed by atoms with Crippen molar-refractivity contribution in [2.24, 2.45) is 0 Å². The molecule has 0 atom stereocenters. The molecule has 9 heteroatoms. The molecule has 0 spiro atoms. The Morgan fingerprint density at radius 2 is 1.89 bits per heavy atom. The minimum Gasteiger partial charge on any atom is -0.481 e. The highest BCUT2D eigenvalue weighted by Crippen LogP contribution is 2.29. The Balaban J connectivity index is 1.75. The van der Waals surface area contributed by atoms with E-state index >= 15 is 0 Å². The van der Waals surface area contributed by atoms with Crippen LogP contribution in [0.25, 0.3) is 10.6 Å².